The molecule has 0 amide bonds. The van der Waals surface area contributed by atoms with Crippen molar-refractivity contribution in [2.75, 3.05) is 25.1 Å². The smallest absolute Gasteiger partial charge is 0.123 e. The summed E-state index contributed by atoms with van der Waals surface area (Å²) in [5.74, 6) is -0.207. The predicted molar refractivity (Wildman–Crippen MR) is 65.2 cm³/mol. The summed E-state index contributed by atoms with van der Waals surface area (Å²) in [5.41, 5.74) is 0.929. The van der Waals surface area contributed by atoms with Crippen LogP contribution in [0, 0.1) is 5.82 Å². The van der Waals surface area contributed by atoms with Crippen LogP contribution in [-0.4, -0.2) is 19.8 Å². The molecule has 0 saturated heterocycles. The van der Waals surface area contributed by atoms with E-state index in [0.717, 1.165) is 25.3 Å². The molecular formula is C13H20FNO. The Labute approximate surface area is 96.8 Å². The summed E-state index contributed by atoms with van der Waals surface area (Å²) in [4.78, 5) is 0. The van der Waals surface area contributed by atoms with Crippen molar-refractivity contribution in [3.05, 3.63) is 30.1 Å². The highest BCUT2D eigenvalue weighted by molar-refractivity contribution is 5.42. The van der Waals surface area contributed by atoms with Crippen molar-refractivity contribution in [1.29, 1.82) is 0 Å². The molecule has 1 aromatic rings. The Morgan fingerprint density at radius 3 is 2.56 bits per heavy atom. The molecule has 1 aromatic carbocycles. The first-order valence-electron chi connectivity index (χ1n) is 5.90. The fourth-order valence-corrected chi connectivity index (χ4v) is 1.39. The molecule has 0 aliphatic heterocycles. The molecule has 1 rings (SSSR count). The van der Waals surface area contributed by atoms with Crippen LogP contribution in [-0.2, 0) is 4.74 Å². The number of halogens is 1. The summed E-state index contributed by atoms with van der Waals surface area (Å²) in [5, 5.41) is 3.17. The fourth-order valence-electron chi connectivity index (χ4n) is 1.39. The zero-order valence-electron chi connectivity index (χ0n) is 9.84. The zero-order valence-corrected chi connectivity index (χ0v) is 9.84. The van der Waals surface area contributed by atoms with E-state index in [4.69, 9.17) is 4.74 Å². The topological polar surface area (TPSA) is 21.3 Å². The van der Waals surface area contributed by atoms with Crippen LogP contribution in [0.3, 0.4) is 0 Å². The van der Waals surface area contributed by atoms with Crippen LogP contribution in [0.2, 0.25) is 0 Å². The monoisotopic (exact) mass is 225 g/mol. The van der Waals surface area contributed by atoms with Crippen molar-refractivity contribution in [3.8, 4) is 0 Å². The molecule has 0 fully saturated rings. The molecule has 0 spiro atoms. The highest BCUT2D eigenvalue weighted by Crippen LogP contribution is 2.07. The van der Waals surface area contributed by atoms with Gasteiger partial charge in [-0.1, -0.05) is 19.8 Å². The number of anilines is 1. The molecule has 0 aliphatic rings. The van der Waals surface area contributed by atoms with Gasteiger partial charge in [0.2, 0.25) is 0 Å². The van der Waals surface area contributed by atoms with Gasteiger partial charge in [-0.25, -0.2) is 4.39 Å². The first-order valence-corrected chi connectivity index (χ1v) is 5.90. The second-order valence-electron chi connectivity index (χ2n) is 3.75. The number of benzene rings is 1. The summed E-state index contributed by atoms with van der Waals surface area (Å²) in [7, 11) is 0. The van der Waals surface area contributed by atoms with Crippen molar-refractivity contribution in [1.82, 2.24) is 0 Å². The third-order valence-electron chi connectivity index (χ3n) is 2.31. The predicted octanol–water partition coefficient (Wildman–Crippen LogP) is 3.44. The summed E-state index contributed by atoms with van der Waals surface area (Å²) < 4.78 is 18.0. The molecule has 2 nitrogen and oxygen atoms in total. The molecule has 0 bridgehead atoms. The number of hydrogen-bond acceptors (Lipinski definition) is 2. The minimum atomic E-state index is -0.207. The minimum absolute atomic E-state index is 0.207. The van der Waals surface area contributed by atoms with Gasteiger partial charge in [-0.3, -0.25) is 0 Å². The fraction of sp³-hybridized carbons (Fsp3) is 0.538. The van der Waals surface area contributed by atoms with Crippen LogP contribution in [0.25, 0.3) is 0 Å². The SMILES string of the molecule is CCCCCOCCNc1ccc(F)cc1. The van der Waals surface area contributed by atoms with Gasteiger partial charge >= 0.3 is 0 Å². The third-order valence-corrected chi connectivity index (χ3v) is 2.31. The maximum atomic E-state index is 12.6. The Kier molecular flexibility index (Phi) is 6.58. The van der Waals surface area contributed by atoms with Crippen LogP contribution < -0.4 is 5.32 Å². The van der Waals surface area contributed by atoms with Crippen LogP contribution in [0.15, 0.2) is 24.3 Å². The third kappa shape index (κ3) is 5.71. The van der Waals surface area contributed by atoms with Gasteiger partial charge in [-0.05, 0) is 30.7 Å². The van der Waals surface area contributed by atoms with E-state index in [-0.39, 0.29) is 5.82 Å². The van der Waals surface area contributed by atoms with Crippen molar-refractivity contribution in [2.45, 2.75) is 26.2 Å². The minimum Gasteiger partial charge on any atom is -0.383 e. The molecule has 16 heavy (non-hydrogen) atoms. The largest absolute Gasteiger partial charge is 0.383 e. The normalized spacial score (nSPS) is 10.4. The Hall–Kier alpha value is -1.09. The quantitative estimate of drug-likeness (QED) is 0.684. The maximum Gasteiger partial charge on any atom is 0.123 e. The number of nitrogens with one attached hydrogen (secondary N) is 1. The molecule has 0 saturated carbocycles. The van der Waals surface area contributed by atoms with Crippen LogP contribution >= 0.6 is 0 Å². The molecule has 0 radical (unpaired) electrons. The lowest BCUT2D eigenvalue weighted by Gasteiger charge is -2.07. The number of ether oxygens (including phenoxy) is 1. The van der Waals surface area contributed by atoms with Crippen molar-refractivity contribution >= 4 is 5.69 Å². The van der Waals surface area contributed by atoms with Gasteiger partial charge in [0, 0.05) is 18.8 Å². The molecule has 0 atom stereocenters. The summed E-state index contributed by atoms with van der Waals surface area (Å²) in [6.07, 6.45) is 3.58. The van der Waals surface area contributed by atoms with E-state index in [0.29, 0.717) is 6.61 Å². The Balaban J connectivity index is 2.01. The lowest BCUT2D eigenvalue weighted by atomic mass is 10.3. The van der Waals surface area contributed by atoms with Gasteiger partial charge in [0.15, 0.2) is 0 Å². The summed E-state index contributed by atoms with van der Waals surface area (Å²) >= 11 is 0. The second kappa shape index (κ2) is 8.11. The standard InChI is InChI=1S/C13H20FNO/c1-2-3-4-10-16-11-9-15-13-7-5-12(14)6-8-13/h5-8,15H,2-4,9-11H2,1H3. The van der Waals surface area contributed by atoms with E-state index < -0.39 is 0 Å². The second-order valence-corrected chi connectivity index (χ2v) is 3.75. The average Bonchev–Trinajstić information content (AvgIpc) is 2.30. The van der Waals surface area contributed by atoms with Crippen molar-refractivity contribution < 1.29 is 9.13 Å². The summed E-state index contributed by atoms with van der Waals surface area (Å²) in [6, 6.07) is 6.35. The van der Waals surface area contributed by atoms with Gasteiger partial charge in [0.25, 0.3) is 0 Å². The molecule has 0 aromatic heterocycles. The Bertz CT molecular complexity index is 274. The van der Waals surface area contributed by atoms with E-state index in [9.17, 15) is 4.39 Å². The van der Waals surface area contributed by atoms with Crippen LogP contribution in [0.4, 0.5) is 10.1 Å². The van der Waals surface area contributed by atoms with Crippen LogP contribution in [0.5, 0.6) is 0 Å². The molecule has 3 heteroatoms. The van der Waals surface area contributed by atoms with Crippen LogP contribution in [0.1, 0.15) is 26.2 Å². The molecule has 1 N–H and O–H groups in total. The van der Waals surface area contributed by atoms with E-state index >= 15 is 0 Å². The van der Waals surface area contributed by atoms with E-state index in [1.807, 2.05) is 0 Å². The highest BCUT2D eigenvalue weighted by atomic mass is 19.1. The average molecular weight is 225 g/mol. The Morgan fingerprint density at radius 1 is 1.12 bits per heavy atom. The first kappa shape index (κ1) is 13.0. The zero-order chi connectivity index (χ0) is 11.6. The molecule has 90 valence electrons. The summed E-state index contributed by atoms with van der Waals surface area (Å²) in [6.45, 7) is 4.47. The molecule has 0 unspecified atom stereocenters. The number of hydrogen-bond donors (Lipinski definition) is 1. The van der Waals surface area contributed by atoms with Gasteiger partial charge in [0.05, 0.1) is 6.61 Å². The van der Waals surface area contributed by atoms with Gasteiger partial charge < -0.3 is 10.1 Å². The molecular weight excluding hydrogens is 205 g/mol. The number of rotatable bonds is 8. The maximum absolute atomic E-state index is 12.6. The van der Waals surface area contributed by atoms with E-state index in [2.05, 4.69) is 12.2 Å². The van der Waals surface area contributed by atoms with Gasteiger partial charge in [0.1, 0.15) is 5.82 Å². The lowest BCUT2D eigenvalue weighted by Crippen LogP contribution is -2.09. The van der Waals surface area contributed by atoms with E-state index in [1.165, 1.54) is 25.0 Å². The molecule has 0 heterocycles. The van der Waals surface area contributed by atoms with Gasteiger partial charge in [-0.2, -0.15) is 0 Å². The van der Waals surface area contributed by atoms with E-state index in [1.54, 1.807) is 12.1 Å². The Morgan fingerprint density at radius 2 is 1.88 bits per heavy atom. The highest BCUT2D eigenvalue weighted by Gasteiger charge is 1.93. The lowest BCUT2D eigenvalue weighted by molar-refractivity contribution is 0.140. The van der Waals surface area contributed by atoms with Crippen molar-refractivity contribution in [3.63, 3.8) is 0 Å². The van der Waals surface area contributed by atoms with Crippen molar-refractivity contribution in [2.24, 2.45) is 0 Å². The molecule has 0 aliphatic carbocycles. The van der Waals surface area contributed by atoms with Gasteiger partial charge in [-0.15, -0.1) is 0 Å². The number of unbranched alkanes of at least 4 members (excludes halogenated alkanes) is 2. The first-order chi connectivity index (χ1) is 7.83.